The lowest BCUT2D eigenvalue weighted by molar-refractivity contribution is -0.220. The minimum absolute atomic E-state index is 0.0528. The first kappa shape index (κ1) is 59.8. The number of carbonyl (C=O) groups excluding carboxylic acids is 2. The number of hydrogen-bond donors (Lipinski definition) is 6. The number of unbranched alkanes of at least 4 members (excludes halogenated alkanes) is 13. The first-order valence-electron chi connectivity index (χ1n) is 24.1. The second kappa shape index (κ2) is 39.9. The van der Waals surface area contributed by atoms with Gasteiger partial charge in [-0.15, -0.1) is 0 Å². The van der Waals surface area contributed by atoms with Crippen LogP contribution in [0.4, 0.5) is 0 Å². The molecule has 0 bridgehead atoms. The zero-order valence-corrected chi connectivity index (χ0v) is 40.1. The number of carbonyl (C=O) groups is 2. The van der Waals surface area contributed by atoms with Crippen LogP contribution in [0, 0.1) is 0 Å². The number of allylic oxidation sites excluding steroid dienone is 16. The Bertz CT molecular complexity index is 1500. The molecule has 0 amide bonds. The lowest BCUT2D eigenvalue weighted by Gasteiger charge is -2.41. The van der Waals surface area contributed by atoms with Gasteiger partial charge in [0.05, 0.1) is 6.61 Å². The van der Waals surface area contributed by atoms with Gasteiger partial charge in [-0.05, 0) is 70.6 Å². The van der Waals surface area contributed by atoms with Gasteiger partial charge in [-0.25, -0.2) is 4.57 Å². The van der Waals surface area contributed by atoms with E-state index in [1.54, 1.807) is 0 Å². The van der Waals surface area contributed by atoms with E-state index in [1.807, 2.05) is 48.6 Å². The van der Waals surface area contributed by atoms with Crippen molar-refractivity contribution < 1.29 is 63.1 Å². The summed E-state index contributed by atoms with van der Waals surface area (Å²) < 4.78 is 33.5. The average molecular weight is 935 g/mol. The van der Waals surface area contributed by atoms with E-state index in [2.05, 4.69) is 62.5 Å². The molecular weight excluding hydrogens is 852 g/mol. The molecule has 14 heteroatoms. The van der Waals surface area contributed by atoms with Crippen LogP contribution in [0.5, 0.6) is 0 Å². The third-order valence-corrected chi connectivity index (χ3v) is 11.5. The number of phosphoric acid groups is 1. The van der Waals surface area contributed by atoms with E-state index in [0.717, 1.165) is 64.2 Å². The molecule has 1 aliphatic rings. The van der Waals surface area contributed by atoms with Crippen molar-refractivity contribution in [1.82, 2.24) is 0 Å². The largest absolute Gasteiger partial charge is 0.472 e. The van der Waals surface area contributed by atoms with Crippen LogP contribution in [0.1, 0.15) is 155 Å². The topological polar surface area (TPSA) is 210 Å². The summed E-state index contributed by atoms with van der Waals surface area (Å²) >= 11 is 0. The zero-order chi connectivity index (χ0) is 47.8. The van der Waals surface area contributed by atoms with Crippen LogP contribution in [0.25, 0.3) is 0 Å². The molecule has 65 heavy (non-hydrogen) atoms. The number of phosphoric ester groups is 1. The van der Waals surface area contributed by atoms with E-state index in [9.17, 15) is 44.6 Å². The number of aliphatic hydroxyl groups is 5. The number of rotatable bonds is 38. The number of hydrogen-bond acceptors (Lipinski definition) is 12. The van der Waals surface area contributed by atoms with Crippen LogP contribution in [-0.4, -0.2) is 98.3 Å². The Hall–Kier alpha value is -3.23. The molecule has 1 fully saturated rings. The van der Waals surface area contributed by atoms with Crippen molar-refractivity contribution >= 4 is 19.8 Å². The van der Waals surface area contributed by atoms with E-state index in [-0.39, 0.29) is 12.8 Å². The van der Waals surface area contributed by atoms with Crippen LogP contribution in [0.3, 0.4) is 0 Å². The quantitative estimate of drug-likeness (QED) is 0.0112. The molecule has 0 heterocycles. The number of esters is 2. The predicted octanol–water partition coefficient (Wildman–Crippen LogP) is 9.83. The van der Waals surface area contributed by atoms with Crippen LogP contribution < -0.4 is 0 Å². The molecule has 0 aliphatic heterocycles. The molecule has 1 saturated carbocycles. The summed E-state index contributed by atoms with van der Waals surface area (Å²) in [6.45, 7) is 3.08. The van der Waals surface area contributed by atoms with Gasteiger partial charge in [-0.2, -0.15) is 0 Å². The average Bonchev–Trinajstić information content (AvgIpc) is 3.29. The van der Waals surface area contributed by atoms with E-state index < -0.39 is 75.7 Å². The SMILES string of the molecule is CC/C=C/C=C/C=C/C=C/CCCCCCCC(=O)O[C@@H](COC(=O)CCC/C=C/C/C=C/C/C=C/C/C=C/CCCCCCCCC)COP(=O)(O)OC1C(O)C(O)C(O)[C@H](O)C1O. The second-order valence-electron chi connectivity index (χ2n) is 16.3. The van der Waals surface area contributed by atoms with Crippen molar-refractivity contribution in [3.05, 3.63) is 97.2 Å². The molecule has 0 aromatic carbocycles. The van der Waals surface area contributed by atoms with E-state index in [0.29, 0.717) is 19.3 Å². The van der Waals surface area contributed by atoms with Crippen LogP contribution >= 0.6 is 7.82 Å². The standard InChI is InChI=1S/C51H83O13P/c1-3-5-7-9-11-13-15-17-19-20-21-22-23-24-26-27-29-31-33-35-37-39-44(52)61-41-43(42-62-65(59,60)64-51-49(57)47(55)46(54)48(56)50(51)58)63-45(53)40-38-36-34-32-30-28-25-18-16-14-12-10-8-6-4-2/h6,8,10,12,14,16,18-20,22-23,25-27,31,33,43,46-51,54-58H,3-5,7,9,11,13,15,17,21,24,28-30,32,34-42H2,1-2H3,(H,59,60)/b8-6+,12-10+,16-14+,20-19+,23-22+,25-18+,27-26+,33-31+/t43-,46?,47-,48?,49?,50?,51?/m0/s1. The maximum atomic E-state index is 12.8. The van der Waals surface area contributed by atoms with Crippen molar-refractivity contribution in [3.8, 4) is 0 Å². The molecule has 6 unspecified atom stereocenters. The zero-order valence-electron chi connectivity index (χ0n) is 39.2. The highest BCUT2D eigenvalue weighted by Gasteiger charge is 2.51. The maximum Gasteiger partial charge on any atom is 0.472 e. The Kier molecular flexibility index (Phi) is 36.7. The molecular formula is C51H83O13P. The molecule has 6 N–H and O–H groups in total. The normalized spacial score (nSPS) is 22.3. The van der Waals surface area contributed by atoms with E-state index in [1.165, 1.54) is 44.9 Å². The van der Waals surface area contributed by atoms with Gasteiger partial charge in [-0.1, -0.05) is 169 Å². The fraction of sp³-hybridized carbons (Fsp3) is 0.647. The summed E-state index contributed by atoms with van der Waals surface area (Å²) in [6, 6.07) is 0. The van der Waals surface area contributed by atoms with Crippen molar-refractivity contribution in [3.63, 3.8) is 0 Å². The molecule has 1 aliphatic carbocycles. The van der Waals surface area contributed by atoms with Crippen LogP contribution in [0.15, 0.2) is 97.2 Å². The van der Waals surface area contributed by atoms with Gasteiger partial charge in [0, 0.05) is 12.8 Å². The Morgan fingerprint density at radius 1 is 0.508 bits per heavy atom. The fourth-order valence-electron chi connectivity index (χ4n) is 6.64. The van der Waals surface area contributed by atoms with E-state index >= 15 is 0 Å². The van der Waals surface area contributed by atoms with Crippen LogP contribution in [0.2, 0.25) is 0 Å². The Labute approximate surface area is 390 Å². The Morgan fingerprint density at radius 2 is 0.954 bits per heavy atom. The summed E-state index contributed by atoms with van der Waals surface area (Å²) in [4.78, 5) is 35.7. The highest BCUT2D eigenvalue weighted by Crippen LogP contribution is 2.47. The summed E-state index contributed by atoms with van der Waals surface area (Å²) in [7, 11) is -5.15. The summed E-state index contributed by atoms with van der Waals surface area (Å²) in [5.41, 5.74) is 0. The third-order valence-electron chi connectivity index (χ3n) is 10.5. The first-order chi connectivity index (χ1) is 31.4. The maximum absolute atomic E-state index is 12.8. The van der Waals surface area contributed by atoms with Crippen LogP contribution in [-0.2, 0) is 32.7 Å². The van der Waals surface area contributed by atoms with Crippen molar-refractivity contribution in [2.24, 2.45) is 0 Å². The Morgan fingerprint density at radius 3 is 1.52 bits per heavy atom. The molecule has 370 valence electrons. The van der Waals surface area contributed by atoms with Gasteiger partial charge in [0.1, 0.15) is 43.2 Å². The summed E-state index contributed by atoms with van der Waals surface area (Å²) in [5.74, 6) is -1.20. The minimum Gasteiger partial charge on any atom is -0.462 e. The van der Waals surface area contributed by atoms with Gasteiger partial charge < -0.3 is 39.9 Å². The summed E-state index contributed by atoms with van der Waals surface area (Å²) in [6.07, 6.45) is 40.4. The predicted molar refractivity (Wildman–Crippen MR) is 258 cm³/mol. The number of aliphatic hydroxyl groups excluding tert-OH is 5. The van der Waals surface area contributed by atoms with Gasteiger partial charge in [0.25, 0.3) is 0 Å². The van der Waals surface area contributed by atoms with Crippen molar-refractivity contribution in [2.75, 3.05) is 13.2 Å². The molecule has 8 atom stereocenters. The molecule has 13 nitrogen and oxygen atoms in total. The van der Waals surface area contributed by atoms with Gasteiger partial charge in [-0.3, -0.25) is 18.6 Å². The minimum atomic E-state index is -5.15. The Balaban J connectivity index is 2.49. The molecule has 0 saturated heterocycles. The highest BCUT2D eigenvalue weighted by atomic mass is 31.2. The molecule has 0 aromatic heterocycles. The lowest BCUT2D eigenvalue weighted by Crippen LogP contribution is -2.64. The monoisotopic (exact) mass is 935 g/mol. The molecule has 0 spiro atoms. The lowest BCUT2D eigenvalue weighted by atomic mass is 9.85. The smallest absolute Gasteiger partial charge is 0.462 e. The number of ether oxygens (including phenoxy) is 2. The van der Waals surface area contributed by atoms with Gasteiger partial charge >= 0.3 is 19.8 Å². The molecule has 1 rings (SSSR count). The first-order valence-corrected chi connectivity index (χ1v) is 25.6. The van der Waals surface area contributed by atoms with E-state index in [4.69, 9.17) is 18.5 Å². The fourth-order valence-corrected chi connectivity index (χ4v) is 7.61. The second-order valence-corrected chi connectivity index (χ2v) is 17.7. The highest BCUT2D eigenvalue weighted by molar-refractivity contribution is 7.47. The van der Waals surface area contributed by atoms with Gasteiger partial charge in [0.15, 0.2) is 6.10 Å². The summed E-state index contributed by atoms with van der Waals surface area (Å²) in [5, 5.41) is 50.2. The van der Waals surface area contributed by atoms with Gasteiger partial charge in [0.2, 0.25) is 0 Å². The molecule has 0 radical (unpaired) electrons. The molecule has 0 aromatic rings. The van der Waals surface area contributed by atoms with Crippen molar-refractivity contribution in [1.29, 1.82) is 0 Å². The third kappa shape index (κ3) is 32.2. The van der Waals surface area contributed by atoms with Crippen molar-refractivity contribution in [2.45, 2.75) is 198 Å².